The van der Waals surface area contributed by atoms with Crippen LogP contribution in [0.15, 0.2) is 30.3 Å². The maximum atomic E-state index is 12.7. The highest BCUT2D eigenvalue weighted by Crippen LogP contribution is 2.22. The van der Waals surface area contributed by atoms with Crippen LogP contribution in [0.4, 0.5) is 5.69 Å². The summed E-state index contributed by atoms with van der Waals surface area (Å²) in [6, 6.07) is 9.45. The third-order valence-corrected chi connectivity index (χ3v) is 4.45. The molecule has 0 radical (unpaired) electrons. The second kappa shape index (κ2) is 9.63. The number of hydrogen-bond donors (Lipinski definition) is 1. The SMILES string of the molecule is Cc1nn(CCC(=O)N(CCCC(=O)O)Cc2ccccc2)c(C)c1[N+](=O)[O-]. The van der Waals surface area contributed by atoms with Crippen molar-refractivity contribution in [1.29, 1.82) is 0 Å². The summed E-state index contributed by atoms with van der Waals surface area (Å²) in [7, 11) is 0. The van der Waals surface area contributed by atoms with Gasteiger partial charge in [0.05, 0.1) is 11.5 Å². The number of hydrogen-bond acceptors (Lipinski definition) is 5. The van der Waals surface area contributed by atoms with Gasteiger partial charge in [0, 0.05) is 25.9 Å². The standard InChI is InChI=1S/C19H24N4O5/c1-14-19(23(27)28)15(2)22(20-14)12-10-17(24)21(11-6-9-18(25)26)13-16-7-4-3-5-8-16/h3-5,7-8H,6,9-13H2,1-2H3,(H,25,26). The molecule has 0 aliphatic heterocycles. The Hall–Kier alpha value is -3.23. The Morgan fingerprint density at radius 3 is 2.46 bits per heavy atom. The topological polar surface area (TPSA) is 119 Å². The van der Waals surface area contributed by atoms with Crippen molar-refractivity contribution < 1.29 is 19.6 Å². The van der Waals surface area contributed by atoms with Gasteiger partial charge in [0.25, 0.3) is 0 Å². The molecule has 0 saturated carbocycles. The smallest absolute Gasteiger partial charge is 0.312 e. The van der Waals surface area contributed by atoms with Gasteiger partial charge in [0.1, 0.15) is 11.4 Å². The molecule has 0 fully saturated rings. The summed E-state index contributed by atoms with van der Waals surface area (Å²) in [5.74, 6) is -1.05. The number of nitrogens with zero attached hydrogens (tertiary/aromatic N) is 4. The second-order valence-electron chi connectivity index (χ2n) is 6.55. The van der Waals surface area contributed by atoms with Gasteiger partial charge in [-0.25, -0.2) is 0 Å². The lowest BCUT2D eigenvalue weighted by Gasteiger charge is -2.23. The predicted octanol–water partition coefficient (Wildman–Crippen LogP) is 2.69. The van der Waals surface area contributed by atoms with Crippen LogP contribution >= 0.6 is 0 Å². The van der Waals surface area contributed by atoms with E-state index in [-0.39, 0.29) is 31.0 Å². The number of aryl methyl sites for hydroxylation is 2. The molecule has 9 heteroatoms. The quantitative estimate of drug-likeness (QED) is 0.494. The molecule has 0 spiro atoms. The van der Waals surface area contributed by atoms with Crippen LogP contribution in [0.25, 0.3) is 0 Å². The molecule has 9 nitrogen and oxygen atoms in total. The third-order valence-electron chi connectivity index (χ3n) is 4.45. The number of carboxylic acid groups (broad SMARTS) is 1. The van der Waals surface area contributed by atoms with E-state index in [1.807, 2.05) is 30.3 Å². The molecule has 2 aromatic rings. The molecular weight excluding hydrogens is 364 g/mol. The van der Waals surface area contributed by atoms with Gasteiger partial charge in [-0.2, -0.15) is 5.10 Å². The fraction of sp³-hybridized carbons (Fsp3) is 0.421. The van der Waals surface area contributed by atoms with E-state index in [4.69, 9.17) is 5.11 Å². The number of benzene rings is 1. The van der Waals surface area contributed by atoms with E-state index in [9.17, 15) is 19.7 Å². The van der Waals surface area contributed by atoms with Crippen molar-refractivity contribution in [3.8, 4) is 0 Å². The number of amides is 1. The fourth-order valence-corrected chi connectivity index (χ4v) is 3.05. The van der Waals surface area contributed by atoms with E-state index in [0.29, 0.717) is 30.9 Å². The van der Waals surface area contributed by atoms with Gasteiger partial charge in [0.15, 0.2) is 0 Å². The largest absolute Gasteiger partial charge is 0.481 e. The Balaban J connectivity index is 2.05. The highest BCUT2D eigenvalue weighted by molar-refractivity contribution is 5.76. The van der Waals surface area contributed by atoms with E-state index in [0.717, 1.165) is 5.56 Å². The number of carbonyl (C=O) groups excluding carboxylic acids is 1. The lowest BCUT2D eigenvalue weighted by molar-refractivity contribution is -0.386. The van der Waals surface area contributed by atoms with Gasteiger partial charge in [-0.15, -0.1) is 0 Å². The minimum atomic E-state index is -0.901. The van der Waals surface area contributed by atoms with Gasteiger partial charge in [-0.1, -0.05) is 30.3 Å². The first-order chi connectivity index (χ1) is 13.3. The maximum absolute atomic E-state index is 12.7. The van der Waals surface area contributed by atoms with E-state index in [1.165, 1.54) is 4.68 Å². The first kappa shape index (κ1) is 21.1. The molecule has 150 valence electrons. The molecule has 1 N–H and O–H groups in total. The number of carbonyl (C=O) groups is 2. The minimum Gasteiger partial charge on any atom is -0.481 e. The fourth-order valence-electron chi connectivity index (χ4n) is 3.05. The van der Waals surface area contributed by atoms with E-state index >= 15 is 0 Å². The maximum Gasteiger partial charge on any atom is 0.312 e. The van der Waals surface area contributed by atoms with Crippen molar-refractivity contribution >= 4 is 17.6 Å². The van der Waals surface area contributed by atoms with E-state index < -0.39 is 10.9 Å². The van der Waals surface area contributed by atoms with Crippen molar-refractivity contribution in [3.05, 3.63) is 57.4 Å². The van der Waals surface area contributed by atoms with Crippen LogP contribution in [-0.4, -0.2) is 43.1 Å². The monoisotopic (exact) mass is 388 g/mol. The molecule has 0 aliphatic rings. The molecule has 0 bridgehead atoms. The van der Waals surface area contributed by atoms with Crippen molar-refractivity contribution in [3.63, 3.8) is 0 Å². The molecule has 0 saturated heterocycles. The number of rotatable bonds is 10. The van der Waals surface area contributed by atoms with Gasteiger partial charge in [-0.3, -0.25) is 24.4 Å². The molecule has 2 rings (SSSR count). The van der Waals surface area contributed by atoms with Crippen molar-refractivity contribution in [2.45, 2.75) is 46.2 Å². The van der Waals surface area contributed by atoms with Crippen LogP contribution in [0.3, 0.4) is 0 Å². The molecule has 1 amide bonds. The van der Waals surface area contributed by atoms with Crippen molar-refractivity contribution in [2.24, 2.45) is 0 Å². The Bertz CT molecular complexity index is 848. The molecule has 1 aromatic carbocycles. The Kier molecular flexibility index (Phi) is 7.25. The molecule has 0 unspecified atom stereocenters. The summed E-state index contributed by atoms with van der Waals surface area (Å²) < 4.78 is 1.48. The average molecular weight is 388 g/mol. The summed E-state index contributed by atoms with van der Waals surface area (Å²) in [4.78, 5) is 35.8. The summed E-state index contributed by atoms with van der Waals surface area (Å²) in [5, 5.41) is 24.1. The van der Waals surface area contributed by atoms with Gasteiger partial charge >= 0.3 is 11.7 Å². The van der Waals surface area contributed by atoms with Crippen LogP contribution in [0.5, 0.6) is 0 Å². The predicted molar refractivity (Wildman–Crippen MR) is 102 cm³/mol. The summed E-state index contributed by atoms with van der Waals surface area (Å²) in [5.41, 5.74) is 1.65. The number of nitro groups is 1. The molecule has 1 aromatic heterocycles. The summed E-state index contributed by atoms with van der Waals surface area (Å²) in [6.07, 6.45) is 0.473. The molecule has 1 heterocycles. The van der Waals surface area contributed by atoms with Crippen molar-refractivity contribution in [2.75, 3.05) is 6.54 Å². The average Bonchev–Trinajstić information content (AvgIpc) is 2.93. The van der Waals surface area contributed by atoms with Crippen LogP contribution < -0.4 is 0 Å². The zero-order valence-corrected chi connectivity index (χ0v) is 16.0. The molecule has 0 aliphatic carbocycles. The highest BCUT2D eigenvalue weighted by Gasteiger charge is 2.22. The van der Waals surface area contributed by atoms with Crippen LogP contribution in [0, 0.1) is 24.0 Å². The molecular formula is C19H24N4O5. The Labute approximate surface area is 162 Å². The summed E-state index contributed by atoms with van der Waals surface area (Å²) >= 11 is 0. The van der Waals surface area contributed by atoms with Crippen LogP contribution in [0.1, 0.15) is 36.2 Å². The number of carboxylic acids is 1. The summed E-state index contributed by atoms with van der Waals surface area (Å²) in [6.45, 7) is 4.12. The normalized spacial score (nSPS) is 10.6. The zero-order chi connectivity index (χ0) is 20.7. The Morgan fingerprint density at radius 1 is 1.21 bits per heavy atom. The lowest BCUT2D eigenvalue weighted by atomic mass is 10.2. The van der Waals surface area contributed by atoms with E-state index in [1.54, 1.807) is 18.7 Å². The highest BCUT2D eigenvalue weighted by atomic mass is 16.6. The van der Waals surface area contributed by atoms with Gasteiger partial charge in [0.2, 0.25) is 5.91 Å². The number of aliphatic carboxylic acids is 1. The lowest BCUT2D eigenvalue weighted by Crippen LogP contribution is -2.32. The van der Waals surface area contributed by atoms with E-state index in [2.05, 4.69) is 5.10 Å². The minimum absolute atomic E-state index is 0.0117. The zero-order valence-electron chi connectivity index (χ0n) is 16.0. The first-order valence-electron chi connectivity index (χ1n) is 9.01. The van der Waals surface area contributed by atoms with Crippen LogP contribution in [-0.2, 0) is 22.7 Å². The Morgan fingerprint density at radius 2 is 1.89 bits per heavy atom. The van der Waals surface area contributed by atoms with Gasteiger partial charge < -0.3 is 10.0 Å². The first-order valence-corrected chi connectivity index (χ1v) is 9.01. The number of aromatic nitrogens is 2. The van der Waals surface area contributed by atoms with Crippen LogP contribution in [0.2, 0.25) is 0 Å². The second-order valence-corrected chi connectivity index (χ2v) is 6.55. The van der Waals surface area contributed by atoms with Gasteiger partial charge in [-0.05, 0) is 25.8 Å². The van der Waals surface area contributed by atoms with Crippen molar-refractivity contribution in [1.82, 2.24) is 14.7 Å². The third kappa shape index (κ3) is 5.63. The molecule has 28 heavy (non-hydrogen) atoms. The molecule has 0 atom stereocenters.